The Morgan fingerprint density at radius 2 is 1.32 bits per heavy atom. The molecule has 0 radical (unpaired) electrons. The number of benzene rings is 1. The Balaban J connectivity index is 3.51. The van der Waals surface area contributed by atoms with Gasteiger partial charge in [-0.05, 0) is 52.0 Å². The second-order valence-electron chi connectivity index (χ2n) is 6.20. The molecule has 1 aromatic carbocycles. The summed E-state index contributed by atoms with van der Waals surface area (Å²) in [7, 11) is -4.55. The van der Waals surface area contributed by atoms with Crippen LogP contribution in [-0.4, -0.2) is 30.5 Å². The van der Waals surface area contributed by atoms with E-state index in [0.717, 1.165) is 52.0 Å². The third-order valence-electron chi connectivity index (χ3n) is 3.02. The molecule has 0 spiro atoms. The third kappa shape index (κ3) is 5.67. The number of allylic oxidation sites excluding steroid dienone is 2. The normalized spacial score (nSPS) is 13.5. The Hall–Kier alpha value is -1.68. The molecule has 4 nitrogen and oxygen atoms in total. The monoisotopic (exact) mass is 388 g/mol. The first-order valence-electron chi connectivity index (χ1n) is 6.89. The van der Waals surface area contributed by atoms with E-state index in [1.165, 1.54) is 0 Å². The minimum atomic E-state index is -5.20. The Labute approximate surface area is 142 Å². The maximum absolute atomic E-state index is 14.3. The average molecular weight is 388 g/mol. The molecule has 0 aliphatic rings. The number of hydrogen-bond donors (Lipinski definition) is 1. The molecule has 1 aromatic rings. The van der Waals surface area contributed by atoms with Crippen molar-refractivity contribution in [1.29, 1.82) is 0 Å². The van der Waals surface area contributed by atoms with E-state index in [1.54, 1.807) is 0 Å². The first kappa shape index (κ1) is 21.4. The summed E-state index contributed by atoms with van der Waals surface area (Å²) in [5.41, 5.74) is -6.61. The SMILES string of the molecule is CC(C)(F)C(=C(Oc1ccc(S(=O)(=O)O)cc1)C(F)(F)F)C(C)(C)F. The van der Waals surface area contributed by atoms with Gasteiger partial charge in [-0.2, -0.15) is 21.6 Å². The molecule has 0 unspecified atom stereocenters. The topological polar surface area (TPSA) is 63.6 Å². The first-order valence-corrected chi connectivity index (χ1v) is 8.33. The molecule has 0 aliphatic carbocycles. The predicted molar refractivity (Wildman–Crippen MR) is 80.3 cm³/mol. The summed E-state index contributed by atoms with van der Waals surface area (Å²) in [6, 6.07) is 3.23. The van der Waals surface area contributed by atoms with Gasteiger partial charge in [0.1, 0.15) is 17.1 Å². The average Bonchev–Trinajstić information content (AvgIpc) is 2.33. The number of ether oxygens (including phenoxy) is 1. The Bertz CT molecular complexity index is 735. The Morgan fingerprint density at radius 3 is 1.60 bits per heavy atom. The van der Waals surface area contributed by atoms with Gasteiger partial charge in [-0.3, -0.25) is 4.55 Å². The highest BCUT2D eigenvalue weighted by atomic mass is 32.2. The maximum Gasteiger partial charge on any atom is 0.449 e. The number of halogens is 5. The fourth-order valence-electron chi connectivity index (χ4n) is 2.29. The summed E-state index contributed by atoms with van der Waals surface area (Å²) >= 11 is 0. The van der Waals surface area contributed by atoms with Crippen LogP contribution in [0.2, 0.25) is 0 Å². The fourth-order valence-corrected chi connectivity index (χ4v) is 2.77. The molecule has 25 heavy (non-hydrogen) atoms. The van der Waals surface area contributed by atoms with Crippen LogP contribution in [0.1, 0.15) is 27.7 Å². The zero-order chi connectivity index (χ0) is 19.8. The summed E-state index contributed by atoms with van der Waals surface area (Å²) in [5, 5.41) is 0. The van der Waals surface area contributed by atoms with E-state index in [1.807, 2.05) is 0 Å². The van der Waals surface area contributed by atoms with Gasteiger partial charge < -0.3 is 4.74 Å². The van der Waals surface area contributed by atoms with Crippen LogP contribution in [0.3, 0.4) is 0 Å². The minimum Gasteiger partial charge on any atom is -0.452 e. The highest BCUT2D eigenvalue weighted by molar-refractivity contribution is 7.85. The second kappa shape index (κ2) is 6.56. The third-order valence-corrected chi connectivity index (χ3v) is 3.88. The van der Waals surface area contributed by atoms with Crippen molar-refractivity contribution in [3.05, 3.63) is 35.6 Å². The first-order chi connectivity index (χ1) is 10.9. The smallest absolute Gasteiger partial charge is 0.449 e. The van der Waals surface area contributed by atoms with Crippen molar-refractivity contribution in [2.45, 2.75) is 50.1 Å². The molecule has 0 bridgehead atoms. The lowest BCUT2D eigenvalue weighted by Gasteiger charge is -2.30. The van der Waals surface area contributed by atoms with Crippen molar-refractivity contribution in [2.24, 2.45) is 0 Å². The van der Waals surface area contributed by atoms with Crippen molar-refractivity contribution in [3.63, 3.8) is 0 Å². The molecule has 0 aliphatic heterocycles. The van der Waals surface area contributed by atoms with Gasteiger partial charge >= 0.3 is 6.18 Å². The number of rotatable bonds is 5. The van der Waals surface area contributed by atoms with Crippen LogP contribution in [0, 0.1) is 0 Å². The largest absolute Gasteiger partial charge is 0.452 e. The van der Waals surface area contributed by atoms with Crippen LogP contribution in [0.15, 0.2) is 40.5 Å². The lowest BCUT2D eigenvalue weighted by atomic mass is 9.86. The summed E-state index contributed by atoms with van der Waals surface area (Å²) in [4.78, 5) is -0.575. The molecule has 0 saturated heterocycles. The summed E-state index contributed by atoms with van der Waals surface area (Å²) in [6.45, 7) is 3.06. The molecule has 0 amide bonds. The molecule has 0 fully saturated rings. The molecule has 10 heteroatoms. The molecule has 0 heterocycles. The summed E-state index contributed by atoms with van der Waals surface area (Å²) in [5.74, 6) is -2.38. The molecular formula is C15H17F5O4S. The van der Waals surface area contributed by atoms with Crippen molar-refractivity contribution in [3.8, 4) is 5.75 Å². The van der Waals surface area contributed by atoms with Crippen molar-refractivity contribution >= 4 is 10.1 Å². The summed E-state index contributed by atoms with van der Waals surface area (Å²) in [6.07, 6.45) is -5.20. The molecule has 1 N–H and O–H groups in total. The number of hydrogen-bond acceptors (Lipinski definition) is 3. The van der Waals surface area contributed by atoms with E-state index in [2.05, 4.69) is 4.74 Å². The van der Waals surface area contributed by atoms with Crippen LogP contribution in [-0.2, 0) is 10.1 Å². The Kier molecular flexibility index (Phi) is 5.61. The van der Waals surface area contributed by atoms with Gasteiger partial charge in [0.05, 0.1) is 10.5 Å². The van der Waals surface area contributed by atoms with Gasteiger partial charge in [0, 0.05) is 0 Å². The van der Waals surface area contributed by atoms with Crippen molar-refractivity contribution in [1.82, 2.24) is 0 Å². The lowest BCUT2D eigenvalue weighted by Crippen LogP contribution is -2.36. The second-order valence-corrected chi connectivity index (χ2v) is 7.62. The molecular weight excluding hydrogens is 371 g/mol. The van der Waals surface area contributed by atoms with Gasteiger partial charge in [0.25, 0.3) is 10.1 Å². The predicted octanol–water partition coefficient (Wildman–Crippen LogP) is 4.62. The van der Waals surface area contributed by atoms with E-state index in [4.69, 9.17) is 4.55 Å². The molecule has 142 valence electrons. The van der Waals surface area contributed by atoms with Crippen molar-refractivity contribution < 1.29 is 39.7 Å². The molecule has 0 saturated carbocycles. The minimum absolute atomic E-state index is 0.509. The zero-order valence-electron chi connectivity index (χ0n) is 13.8. The Morgan fingerprint density at radius 1 is 0.920 bits per heavy atom. The highest BCUT2D eigenvalue weighted by Gasteiger charge is 2.48. The lowest BCUT2D eigenvalue weighted by molar-refractivity contribution is -0.121. The van der Waals surface area contributed by atoms with E-state index >= 15 is 0 Å². The van der Waals surface area contributed by atoms with E-state index in [9.17, 15) is 30.4 Å². The van der Waals surface area contributed by atoms with Gasteiger partial charge in [-0.1, -0.05) is 0 Å². The van der Waals surface area contributed by atoms with Crippen LogP contribution < -0.4 is 4.74 Å². The molecule has 0 aromatic heterocycles. The zero-order valence-corrected chi connectivity index (χ0v) is 14.6. The molecule has 0 atom stereocenters. The van der Waals surface area contributed by atoms with Crippen LogP contribution in [0.4, 0.5) is 22.0 Å². The quantitative estimate of drug-likeness (QED) is 0.454. The fraction of sp³-hybridized carbons (Fsp3) is 0.467. The van der Waals surface area contributed by atoms with Crippen LogP contribution in [0.25, 0.3) is 0 Å². The van der Waals surface area contributed by atoms with Crippen LogP contribution in [0.5, 0.6) is 5.75 Å². The van der Waals surface area contributed by atoms with Crippen molar-refractivity contribution in [2.75, 3.05) is 0 Å². The van der Waals surface area contributed by atoms with E-state index in [0.29, 0.717) is 0 Å². The summed E-state index contributed by atoms with van der Waals surface area (Å²) < 4.78 is 104. The van der Waals surface area contributed by atoms with E-state index in [-0.39, 0.29) is 0 Å². The van der Waals surface area contributed by atoms with Crippen LogP contribution >= 0.6 is 0 Å². The molecule has 1 rings (SSSR count). The van der Waals surface area contributed by atoms with Gasteiger partial charge in [-0.15, -0.1) is 0 Å². The van der Waals surface area contributed by atoms with E-state index < -0.39 is 49.6 Å². The van der Waals surface area contributed by atoms with Gasteiger partial charge in [0.15, 0.2) is 0 Å². The number of alkyl halides is 5. The standard InChI is InChI=1S/C15H17F5O4S/c1-13(2,16)11(14(3,4)17)12(15(18,19)20)24-9-5-7-10(8-6-9)25(21,22)23/h5-8H,1-4H3,(H,21,22,23). The van der Waals surface area contributed by atoms with Gasteiger partial charge in [-0.25, -0.2) is 8.78 Å². The van der Waals surface area contributed by atoms with Gasteiger partial charge in [0.2, 0.25) is 5.76 Å². The highest BCUT2D eigenvalue weighted by Crippen LogP contribution is 2.42. The maximum atomic E-state index is 14.3.